The zero-order valence-corrected chi connectivity index (χ0v) is 11.4. The van der Waals surface area contributed by atoms with E-state index in [1.807, 2.05) is 6.07 Å². The summed E-state index contributed by atoms with van der Waals surface area (Å²) in [4.78, 5) is 8.23. The Bertz CT molecular complexity index is 333. The maximum atomic E-state index is 5.59. The fraction of sp³-hybridized carbons (Fsp3) is 0.692. The number of hydrogen-bond acceptors (Lipinski definition) is 5. The number of nitrogens with two attached hydrogens (primary N) is 1. The highest BCUT2D eigenvalue weighted by atomic mass is 16.5. The Balaban J connectivity index is 2.44. The minimum Gasteiger partial charge on any atom is -0.481 e. The van der Waals surface area contributed by atoms with Crippen molar-refractivity contribution in [2.45, 2.75) is 51.5 Å². The smallest absolute Gasteiger partial charge is 0.216 e. The van der Waals surface area contributed by atoms with E-state index in [1.54, 1.807) is 7.11 Å². The largest absolute Gasteiger partial charge is 0.481 e. The Morgan fingerprint density at radius 1 is 1.28 bits per heavy atom. The van der Waals surface area contributed by atoms with E-state index >= 15 is 0 Å². The molecule has 1 atom stereocenters. The zero-order valence-electron chi connectivity index (χ0n) is 11.4. The Morgan fingerprint density at radius 2 is 2.06 bits per heavy atom. The summed E-state index contributed by atoms with van der Waals surface area (Å²) in [5.74, 6) is 6.16. The number of nitrogens with one attached hydrogen (secondary N) is 1. The first-order chi connectivity index (χ1) is 8.81. The fourth-order valence-electron chi connectivity index (χ4n) is 1.92. The summed E-state index contributed by atoms with van der Waals surface area (Å²) in [6, 6.07) is 1.90. The Kier molecular flexibility index (Phi) is 7.29. The van der Waals surface area contributed by atoms with Gasteiger partial charge in [-0.1, -0.05) is 39.0 Å². The third kappa shape index (κ3) is 4.98. The zero-order chi connectivity index (χ0) is 13.2. The third-order valence-electron chi connectivity index (χ3n) is 3.03. The summed E-state index contributed by atoms with van der Waals surface area (Å²) < 4.78 is 5.09. The van der Waals surface area contributed by atoms with Gasteiger partial charge in [0, 0.05) is 6.07 Å². The summed E-state index contributed by atoms with van der Waals surface area (Å²) >= 11 is 0. The average Bonchev–Trinajstić information content (AvgIpc) is 2.43. The van der Waals surface area contributed by atoms with Crippen molar-refractivity contribution in [3.05, 3.63) is 18.1 Å². The van der Waals surface area contributed by atoms with Crippen LogP contribution in [-0.4, -0.2) is 17.1 Å². The van der Waals surface area contributed by atoms with Crippen LogP contribution in [-0.2, 0) is 0 Å². The molecule has 3 N–H and O–H groups in total. The van der Waals surface area contributed by atoms with Crippen LogP contribution in [0.1, 0.15) is 57.2 Å². The highest BCUT2D eigenvalue weighted by Crippen LogP contribution is 2.19. The SMILES string of the molecule is CCCCCCCC(NN)c1cc(OC)ncn1. The van der Waals surface area contributed by atoms with Crippen LogP contribution in [0.4, 0.5) is 0 Å². The lowest BCUT2D eigenvalue weighted by Crippen LogP contribution is -2.28. The van der Waals surface area contributed by atoms with Crippen LogP contribution in [0.3, 0.4) is 0 Å². The van der Waals surface area contributed by atoms with Gasteiger partial charge in [0.15, 0.2) is 0 Å². The molecule has 18 heavy (non-hydrogen) atoms. The van der Waals surface area contributed by atoms with Crippen molar-refractivity contribution in [2.75, 3.05) is 7.11 Å². The molecule has 0 aliphatic carbocycles. The van der Waals surface area contributed by atoms with Crippen molar-refractivity contribution in [3.63, 3.8) is 0 Å². The van der Waals surface area contributed by atoms with Gasteiger partial charge in [0.25, 0.3) is 0 Å². The van der Waals surface area contributed by atoms with Gasteiger partial charge in [-0.2, -0.15) is 0 Å². The standard InChI is InChI=1S/C13H24N4O/c1-3-4-5-6-7-8-11(17-14)12-9-13(18-2)16-10-15-12/h9-11,17H,3-8,14H2,1-2H3. The maximum absolute atomic E-state index is 5.59. The lowest BCUT2D eigenvalue weighted by molar-refractivity contribution is 0.392. The van der Waals surface area contributed by atoms with Crippen LogP contribution in [0.25, 0.3) is 0 Å². The van der Waals surface area contributed by atoms with E-state index in [0.29, 0.717) is 5.88 Å². The number of ether oxygens (including phenoxy) is 1. The second-order valence-corrected chi connectivity index (χ2v) is 4.41. The quantitative estimate of drug-likeness (QED) is 0.401. The average molecular weight is 252 g/mol. The summed E-state index contributed by atoms with van der Waals surface area (Å²) in [7, 11) is 1.60. The van der Waals surface area contributed by atoms with E-state index < -0.39 is 0 Å². The molecule has 0 fully saturated rings. The van der Waals surface area contributed by atoms with E-state index in [9.17, 15) is 0 Å². The van der Waals surface area contributed by atoms with Crippen LogP contribution < -0.4 is 16.0 Å². The molecule has 5 heteroatoms. The molecule has 0 amide bonds. The molecule has 0 saturated carbocycles. The molecule has 5 nitrogen and oxygen atoms in total. The lowest BCUT2D eigenvalue weighted by Gasteiger charge is -2.15. The first-order valence-corrected chi connectivity index (χ1v) is 6.63. The Hall–Kier alpha value is -1.20. The number of methoxy groups -OCH3 is 1. The number of rotatable bonds is 9. The molecule has 102 valence electrons. The Morgan fingerprint density at radius 3 is 2.72 bits per heavy atom. The minimum absolute atomic E-state index is 0.0727. The molecule has 1 aromatic heterocycles. The van der Waals surface area contributed by atoms with E-state index in [2.05, 4.69) is 22.3 Å². The van der Waals surface area contributed by atoms with Crippen molar-refractivity contribution >= 4 is 0 Å². The van der Waals surface area contributed by atoms with Gasteiger partial charge < -0.3 is 4.74 Å². The summed E-state index contributed by atoms with van der Waals surface area (Å²) in [6.07, 6.45) is 8.76. The fourth-order valence-corrected chi connectivity index (χ4v) is 1.92. The monoisotopic (exact) mass is 252 g/mol. The molecule has 0 saturated heterocycles. The second-order valence-electron chi connectivity index (χ2n) is 4.41. The van der Waals surface area contributed by atoms with Gasteiger partial charge in [-0.05, 0) is 6.42 Å². The molecular formula is C13H24N4O. The topological polar surface area (TPSA) is 73.1 Å². The van der Waals surface area contributed by atoms with Crippen LogP contribution in [0.15, 0.2) is 12.4 Å². The van der Waals surface area contributed by atoms with Crippen molar-refractivity contribution in [3.8, 4) is 5.88 Å². The second kappa shape index (κ2) is 8.83. The van der Waals surface area contributed by atoms with Gasteiger partial charge in [-0.25, -0.2) is 9.97 Å². The first kappa shape index (κ1) is 14.9. The molecule has 0 spiro atoms. The molecule has 1 heterocycles. The van der Waals surface area contributed by atoms with Crippen molar-refractivity contribution in [2.24, 2.45) is 5.84 Å². The van der Waals surface area contributed by atoms with Gasteiger partial charge in [-0.3, -0.25) is 11.3 Å². The van der Waals surface area contributed by atoms with E-state index in [1.165, 1.54) is 32.0 Å². The predicted octanol–water partition coefficient (Wildman–Crippen LogP) is 2.35. The molecule has 0 bridgehead atoms. The van der Waals surface area contributed by atoms with Crippen LogP contribution >= 0.6 is 0 Å². The van der Waals surface area contributed by atoms with E-state index in [-0.39, 0.29) is 6.04 Å². The summed E-state index contributed by atoms with van der Waals surface area (Å²) in [6.45, 7) is 2.22. The lowest BCUT2D eigenvalue weighted by atomic mass is 10.0. The highest BCUT2D eigenvalue weighted by Gasteiger charge is 2.11. The minimum atomic E-state index is 0.0727. The van der Waals surface area contributed by atoms with Crippen LogP contribution in [0, 0.1) is 0 Å². The number of nitrogens with zero attached hydrogens (tertiary/aromatic N) is 2. The molecule has 0 aliphatic rings. The highest BCUT2D eigenvalue weighted by molar-refractivity contribution is 5.16. The predicted molar refractivity (Wildman–Crippen MR) is 72.0 cm³/mol. The van der Waals surface area contributed by atoms with Gasteiger partial charge >= 0.3 is 0 Å². The molecular weight excluding hydrogens is 228 g/mol. The Labute approximate surface area is 109 Å². The molecule has 0 aliphatic heterocycles. The van der Waals surface area contributed by atoms with Crippen molar-refractivity contribution < 1.29 is 4.74 Å². The first-order valence-electron chi connectivity index (χ1n) is 6.63. The summed E-state index contributed by atoms with van der Waals surface area (Å²) in [5.41, 5.74) is 3.70. The maximum Gasteiger partial charge on any atom is 0.216 e. The number of aromatic nitrogens is 2. The third-order valence-corrected chi connectivity index (χ3v) is 3.03. The van der Waals surface area contributed by atoms with Crippen molar-refractivity contribution in [1.29, 1.82) is 0 Å². The van der Waals surface area contributed by atoms with Crippen LogP contribution in [0.5, 0.6) is 5.88 Å². The number of unbranched alkanes of at least 4 members (excludes halogenated alkanes) is 4. The summed E-state index contributed by atoms with van der Waals surface area (Å²) in [5, 5.41) is 0. The molecule has 0 radical (unpaired) electrons. The molecule has 1 unspecified atom stereocenters. The molecule has 1 rings (SSSR count). The van der Waals surface area contributed by atoms with Gasteiger partial charge in [0.05, 0.1) is 18.8 Å². The van der Waals surface area contributed by atoms with Gasteiger partial charge in [0.1, 0.15) is 6.33 Å². The van der Waals surface area contributed by atoms with Crippen LogP contribution in [0.2, 0.25) is 0 Å². The molecule has 1 aromatic rings. The van der Waals surface area contributed by atoms with Gasteiger partial charge in [0.2, 0.25) is 5.88 Å². The van der Waals surface area contributed by atoms with E-state index in [0.717, 1.165) is 18.5 Å². The van der Waals surface area contributed by atoms with Crippen molar-refractivity contribution in [1.82, 2.24) is 15.4 Å². The van der Waals surface area contributed by atoms with E-state index in [4.69, 9.17) is 10.6 Å². The normalized spacial score (nSPS) is 12.4. The molecule has 0 aromatic carbocycles. The van der Waals surface area contributed by atoms with Gasteiger partial charge in [-0.15, -0.1) is 0 Å². The number of hydrogen-bond donors (Lipinski definition) is 2. The number of hydrazine groups is 1.